The van der Waals surface area contributed by atoms with E-state index in [2.05, 4.69) is 39.7 Å². The largest absolute Gasteiger partial charge is 0.472 e. The maximum atomic E-state index is 5.83. The van der Waals surface area contributed by atoms with E-state index in [1.807, 2.05) is 16.8 Å². The van der Waals surface area contributed by atoms with E-state index in [0.29, 0.717) is 18.4 Å². The van der Waals surface area contributed by atoms with Gasteiger partial charge in [0, 0.05) is 19.0 Å². The summed E-state index contributed by atoms with van der Waals surface area (Å²) in [5.41, 5.74) is 1.79. The smallest absolute Gasteiger partial charge is 0.259 e. The van der Waals surface area contributed by atoms with Crippen molar-refractivity contribution in [3.8, 4) is 5.88 Å². The van der Waals surface area contributed by atoms with Gasteiger partial charge in [-0.25, -0.2) is 9.97 Å². The second kappa shape index (κ2) is 5.69. The van der Waals surface area contributed by atoms with Gasteiger partial charge in [0.1, 0.15) is 11.2 Å². The lowest BCUT2D eigenvalue weighted by atomic mass is 10.2. The molecule has 108 valence electrons. The molecule has 0 saturated carbocycles. The second-order valence-corrected chi connectivity index (χ2v) is 6.18. The van der Waals surface area contributed by atoms with Gasteiger partial charge in [-0.05, 0) is 34.7 Å². The summed E-state index contributed by atoms with van der Waals surface area (Å²) in [4.78, 5) is 9.00. The highest BCUT2D eigenvalue weighted by Gasteiger charge is 2.18. The molecule has 1 unspecified atom stereocenters. The number of aromatic nitrogens is 3. The topological polar surface area (TPSA) is 48.7 Å². The summed E-state index contributed by atoms with van der Waals surface area (Å²) in [6, 6.07) is 0. The minimum atomic E-state index is 0.176. The highest BCUT2D eigenvalue weighted by atomic mass is 79.9. The predicted octanol–water partition coefficient (Wildman–Crippen LogP) is 3.17. The fourth-order valence-corrected chi connectivity index (χ4v) is 2.66. The van der Waals surface area contributed by atoms with E-state index in [1.165, 1.54) is 0 Å². The summed E-state index contributed by atoms with van der Waals surface area (Å²) in [5, 5.41) is 0. The van der Waals surface area contributed by atoms with E-state index >= 15 is 0 Å². The third-order valence-corrected chi connectivity index (χ3v) is 3.80. The zero-order valence-corrected chi connectivity index (χ0v) is 13.3. The Kier molecular flexibility index (Phi) is 3.94. The van der Waals surface area contributed by atoms with Gasteiger partial charge in [-0.1, -0.05) is 13.8 Å². The zero-order valence-electron chi connectivity index (χ0n) is 11.7. The lowest BCUT2D eigenvalue weighted by molar-refractivity contribution is 0.0666. The van der Waals surface area contributed by atoms with Crippen molar-refractivity contribution in [3.63, 3.8) is 0 Å². The van der Waals surface area contributed by atoms with Crippen LogP contribution in [0.25, 0.3) is 5.65 Å². The zero-order chi connectivity index (χ0) is 14.1. The van der Waals surface area contributed by atoms with Gasteiger partial charge >= 0.3 is 0 Å². The molecule has 1 aliphatic heterocycles. The van der Waals surface area contributed by atoms with Crippen LogP contribution in [-0.4, -0.2) is 33.7 Å². The van der Waals surface area contributed by atoms with Crippen LogP contribution >= 0.6 is 15.9 Å². The first kappa shape index (κ1) is 13.8. The van der Waals surface area contributed by atoms with Crippen LogP contribution in [0.2, 0.25) is 0 Å². The lowest BCUT2D eigenvalue weighted by Gasteiger charge is -2.11. The van der Waals surface area contributed by atoms with E-state index in [1.54, 1.807) is 0 Å². The third-order valence-electron chi connectivity index (χ3n) is 3.42. The maximum absolute atomic E-state index is 5.83. The predicted molar refractivity (Wildman–Crippen MR) is 79.2 cm³/mol. The molecular weight excluding hydrogens is 322 g/mol. The monoisotopic (exact) mass is 339 g/mol. The van der Waals surface area contributed by atoms with Crippen molar-refractivity contribution in [2.75, 3.05) is 13.2 Å². The molecule has 0 radical (unpaired) electrons. The molecule has 2 aromatic heterocycles. The first-order chi connectivity index (χ1) is 9.63. The van der Waals surface area contributed by atoms with Crippen molar-refractivity contribution < 1.29 is 9.47 Å². The minimum Gasteiger partial charge on any atom is -0.472 e. The number of hydrogen-bond acceptors (Lipinski definition) is 4. The van der Waals surface area contributed by atoms with Crippen LogP contribution in [0, 0.1) is 0 Å². The normalized spacial score (nSPS) is 19.1. The number of halogens is 1. The molecule has 0 aliphatic carbocycles. The third kappa shape index (κ3) is 2.81. The molecule has 0 bridgehead atoms. The molecule has 0 amide bonds. The number of hydrogen-bond donors (Lipinski definition) is 0. The van der Waals surface area contributed by atoms with Crippen LogP contribution in [0.1, 0.15) is 38.3 Å². The molecular formula is C14H18BrN3O2. The van der Waals surface area contributed by atoms with Crippen LogP contribution in [0.15, 0.2) is 17.0 Å². The standard InChI is InChI=1S/C14H18BrN3O2/c1-9(2)11-6-18-7-12(15)17-14(13(18)16-11)20-8-10-4-3-5-19-10/h6-7,9-10H,3-5,8H2,1-2H3. The first-order valence-electron chi connectivity index (χ1n) is 6.93. The Morgan fingerprint density at radius 3 is 3.00 bits per heavy atom. The van der Waals surface area contributed by atoms with Gasteiger partial charge in [0.2, 0.25) is 5.65 Å². The van der Waals surface area contributed by atoms with Gasteiger partial charge in [0.25, 0.3) is 5.88 Å². The molecule has 0 spiro atoms. The van der Waals surface area contributed by atoms with Gasteiger partial charge < -0.3 is 9.47 Å². The number of ether oxygens (including phenoxy) is 2. The average Bonchev–Trinajstić information content (AvgIpc) is 3.04. The molecule has 1 saturated heterocycles. The fraction of sp³-hybridized carbons (Fsp3) is 0.571. The van der Waals surface area contributed by atoms with Crippen molar-refractivity contribution in [1.82, 2.24) is 14.4 Å². The second-order valence-electron chi connectivity index (χ2n) is 5.37. The molecule has 0 aromatic carbocycles. The summed E-state index contributed by atoms with van der Waals surface area (Å²) >= 11 is 3.41. The number of rotatable bonds is 4. The minimum absolute atomic E-state index is 0.176. The summed E-state index contributed by atoms with van der Waals surface area (Å²) in [6.45, 7) is 5.60. The first-order valence-corrected chi connectivity index (χ1v) is 7.72. The number of imidazole rings is 1. The molecule has 20 heavy (non-hydrogen) atoms. The van der Waals surface area contributed by atoms with Crippen molar-refractivity contribution in [3.05, 3.63) is 22.7 Å². The molecule has 6 heteroatoms. The van der Waals surface area contributed by atoms with Crippen molar-refractivity contribution in [1.29, 1.82) is 0 Å². The Labute approximate surface area is 126 Å². The number of nitrogens with zero attached hydrogens (tertiary/aromatic N) is 3. The average molecular weight is 340 g/mol. The molecule has 0 N–H and O–H groups in total. The van der Waals surface area contributed by atoms with E-state index in [4.69, 9.17) is 9.47 Å². The fourth-order valence-electron chi connectivity index (χ4n) is 2.28. The van der Waals surface area contributed by atoms with Crippen LogP contribution in [0.5, 0.6) is 5.88 Å². The SMILES string of the molecule is CC(C)c1cn2cc(Br)nc(OCC3CCCO3)c2n1. The molecule has 1 atom stereocenters. The Balaban J connectivity index is 1.87. The summed E-state index contributed by atoms with van der Waals surface area (Å²) in [6.07, 6.45) is 6.25. The van der Waals surface area contributed by atoms with Crippen LogP contribution in [0.3, 0.4) is 0 Å². The van der Waals surface area contributed by atoms with Crippen LogP contribution in [0.4, 0.5) is 0 Å². The molecule has 3 rings (SSSR count). The highest BCUT2D eigenvalue weighted by Crippen LogP contribution is 2.24. The highest BCUT2D eigenvalue weighted by molar-refractivity contribution is 9.10. The Morgan fingerprint density at radius 1 is 1.45 bits per heavy atom. The van der Waals surface area contributed by atoms with Gasteiger partial charge in [-0.15, -0.1) is 0 Å². The van der Waals surface area contributed by atoms with Crippen molar-refractivity contribution >= 4 is 21.6 Å². The molecule has 1 fully saturated rings. The number of fused-ring (bicyclic) bond motifs is 1. The van der Waals surface area contributed by atoms with Gasteiger partial charge in [-0.2, -0.15) is 0 Å². The Bertz CT molecular complexity index is 606. The summed E-state index contributed by atoms with van der Waals surface area (Å²) < 4.78 is 14.1. The molecule has 2 aromatic rings. The molecule has 1 aliphatic rings. The van der Waals surface area contributed by atoms with E-state index < -0.39 is 0 Å². The summed E-state index contributed by atoms with van der Waals surface area (Å²) in [5.74, 6) is 0.932. The van der Waals surface area contributed by atoms with Crippen LogP contribution in [-0.2, 0) is 4.74 Å². The van der Waals surface area contributed by atoms with E-state index in [0.717, 1.165) is 35.4 Å². The Hall–Kier alpha value is -1.14. The van der Waals surface area contributed by atoms with Gasteiger partial charge in [0.05, 0.1) is 11.8 Å². The van der Waals surface area contributed by atoms with Gasteiger partial charge in [0.15, 0.2) is 0 Å². The Morgan fingerprint density at radius 2 is 2.30 bits per heavy atom. The van der Waals surface area contributed by atoms with E-state index in [-0.39, 0.29) is 6.10 Å². The summed E-state index contributed by atoms with van der Waals surface area (Å²) in [7, 11) is 0. The molecule has 3 heterocycles. The van der Waals surface area contributed by atoms with E-state index in [9.17, 15) is 0 Å². The van der Waals surface area contributed by atoms with Crippen molar-refractivity contribution in [2.24, 2.45) is 0 Å². The quantitative estimate of drug-likeness (QED) is 0.858. The van der Waals surface area contributed by atoms with Crippen LogP contribution < -0.4 is 4.74 Å². The maximum Gasteiger partial charge on any atom is 0.259 e. The molecule has 5 nitrogen and oxygen atoms in total. The lowest BCUT2D eigenvalue weighted by Crippen LogP contribution is -2.17. The van der Waals surface area contributed by atoms with Crippen molar-refractivity contribution in [2.45, 2.75) is 38.7 Å². The van der Waals surface area contributed by atoms with Gasteiger partial charge in [-0.3, -0.25) is 4.40 Å².